The number of nitrogens with zero attached hydrogens (tertiary/aromatic N) is 2. The van der Waals surface area contributed by atoms with Crippen LogP contribution in [0.1, 0.15) is 49.2 Å². The van der Waals surface area contributed by atoms with E-state index >= 15 is 0 Å². The van der Waals surface area contributed by atoms with Crippen molar-refractivity contribution in [2.45, 2.75) is 58.8 Å². The van der Waals surface area contributed by atoms with Gasteiger partial charge in [0.25, 0.3) is 0 Å². The maximum absolute atomic E-state index is 13.4. The number of rotatable bonds is 9. The van der Waals surface area contributed by atoms with Crippen LogP contribution in [-0.4, -0.2) is 82.9 Å². The molecular formula is C29H40N4O6. The zero-order valence-corrected chi connectivity index (χ0v) is 23.3. The van der Waals surface area contributed by atoms with Crippen LogP contribution in [0.3, 0.4) is 0 Å². The molecule has 10 heteroatoms. The lowest BCUT2D eigenvalue weighted by Crippen LogP contribution is -2.47. The topological polar surface area (TPSA) is 131 Å². The third kappa shape index (κ3) is 8.43. The molecule has 0 aromatic heterocycles. The van der Waals surface area contributed by atoms with E-state index in [0.717, 1.165) is 5.56 Å². The van der Waals surface area contributed by atoms with Gasteiger partial charge in [0, 0.05) is 42.8 Å². The Balaban J connectivity index is 1.85. The van der Waals surface area contributed by atoms with Gasteiger partial charge in [-0.15, -0.1) is 0 Å². The summed E-state index contributed by atoms with van der Waals surface area (Å²) in [5.41, 5.74) is 2.42. The first kappa shape index (κ1) is 29.9. The number of likely N-dealkylation sites (N-methyl/N-ethyl adjacent to an activating group) is 1. The Labute approximate surface area is 229 Å². The summed E-state index contributed by atoms with van der Waals surface area (Å²) >= 11 is 0. The van der Waals surface area contributed by atoms with Gasteiger partial charge in [0.2, 0.25) is 5.91 Å². The van der Waals surface area contributed by atoms with Crippen LogP contribution < -0.4 is 15.4 Å². The predicted molar refractivity (Wildman–Crippen MR) is 149 cm³/mol. The van der Waals surface area contributed by atoms with Crippen molar-refractivity contribution in [3.63, 3.8) is 0 Å². The molecule has 0 radical (unpaired) electrons. The fourth-order valence-electron chi connectivity index (χ4n) is 4.59. The summed E-state index contributed by atoms with van der Waals surface area (Å²) in [6, 6.07) is 11.4. The Kier molecular flexibility index (Phi) is 10.3. The van der Waals surface area contributed by atoms with Gasteiger partial charge in [0.1, 0.15) is 11.9 Å². The SMILES string of the molecule is CC(C)NC(=O)Nc1ccc2c(c1)CC(=O)N([C@H](C)CO)C[C@H](C)[C@@H](CN(C)Cc1ccc(C(=O)O)cc1)O2. The highest BCUT2D eigenvalue weighted by Crippen LogP contribution is 2.29. The van der Waals surface area contributed by atoms with Crippen molar-refractivity contribution in [3.05, 3.63) is 59.2 Å². The molecule has 0 unspecified atom stereocenters. The van der Waals surface area contributed by atoms with Crippen molar-refractivity contribution in [2.75, 3.05) is 32.1 Å². The highest BCUT2D eigenvalue weighted by molar-refractivity contribution is 5.90. The minimum atomic E-state index is -0.962. The quantitative estimate of drug-likeness (QED) is 0.384. The first-order valence-corrected chi connectivity index (χ1v) is 13.2. The van der Waals surface area contributed by atoms with Gasteiger partial charge in [-0.25, -0.2) is 9.59 Å². The van der Waals surface area contributed by atoms with E-state index in [2.05, 4.69) is 15.5 Å². The zero-order valence-electron chi connectivity index (χ0n) is 23.3. The lowest BCUT2D eigenvalue weighted by molar-refractivity contribution is -0.134. The number of aromatic carboxylic acids is 1. The molecule has 0 saturated heterocycles. The summed E-state index contributed by atoms with van der Waals surface area (Å²) < 4.78 is 6.53. The van der Waals surface area contributed by atoms with Crippen LogP contribution in [-0.2, 0) is 17.8 Å². The number of amides is 3. The van der Waals surface area contributed by atoms with Gasteiger partial charge in [-0.3, -0.25) is 9.69 Å². The molecule has 2 aromatic rings. The molecule has 2 aromatic carbocycles. The van der Waals surface area contributed by atoms with Gasteiger partial charge >= 0.3 is 12.0 Å². The van der Waals surface area contributed by atoms with Crippen LogP contribution in [0.5, 0.6) is 5.75 Å². The molecule has 4 N–H and O–H groups in total. The maximum atomic E-state index is 13.4. The molecule has 10 nitrogen and oxygen atoms in total. The van der Waals surface area contributed by atoms with Gasteiger partial charge in [-0.05, 0) is 63.7 Å². The van der Waals surface area contributed by atoms with Crippen molar-refractivity contribution < 1.29 is 29.3 Å². The van der Waals surface area contributed by atoms with Crippen LogP contribution in [0.2, 0.25) is 0 Å². The summed E-state index contributed by atoms with van der Waals surface area (Å²) in [5.74, 6) is -0.561. The standard InChI is InChI=1S/C29H40N4O6/c1-18(2)30-29(38)31-24-10-11-25-23(12-24)13-27(35)33(20(4)17-34)14-19(3)26(39-25)16-32(5)15-21-6-8-22(9-7-21)28(36)37/h6-12,18-20,26,34H,13-17H2,1-5H3,(H,36,37)(H2,30,31,38)/t19-,20+,26+/m0/s1. The Morgan fingerprint density at radius 1 is 1.15 bits per heavy atom. The number of aliphatic hydroxyl groups excluding tert-OH is 1. The second-order valence-corrected chi connectivity index (χ2v) is 10.7. The summed E-state index contributed by atoms with van der Waals surface area (Å²) in [6.07, 6.45) is -0.207. The number of benzene rings is 2. The Morgan fingerprint density at radius 2 is 1.85 bits per heavy atom. The van der Waals surface area contributed by atoms with E-state index in [4.69, 9.17) is 9.84 Å². The number of urea groups is 1. The second kappa shape index (κ2) is 13.4. The Bertz CT molecular complexity index is 1150. The van der Waals surface area contributed by atoms with Crippen LogP contribution in [0.15, 0.2) is 42.5 Å². The van der Waals surface area contributed by atoms with Gasteiger partial charge in [-0.2, -0.15) is 0 Å². The number of ether oxygens (including phenoxy) is 1. The zero-order chi connectivity index (χ0) is 28.7. The third-order valence-electron chi connectivity index (χ3n) is 6.74. The number of hydrogen-bond donors (Lipinski definition) is 4. The van der Waals surface area contributed by atoms with Gasteiger partial charge in [-0.1, -0.05) is 19.1 Å². The summed E-state index contributed by atoms with van der Waals surface area (Å²) in [5, 5.41) is 24.6. The maximum Gasteiger partial charge on any atom is 0.335 e. The summed E-state index contributed by atoms with van der Waals surface area (Å²) in [4.78, 5) is 40.6. The van der Waals surface area contributed by atoms with Crippen molar-refractivity contribution in [3.8, 4) is 5.75 Å². The molecule has 1 heterocycles. The first-order valence-electron chi connectivity index (χ1n) is 13.2. The Hall–Kier alpha value is -3.63. The Morgan fingerprint density at radius 3 is 2.46 bits per heavy atom. The van der Waals surface area contributed by atoms with Crippen LogP contribution >= 0.6 is 0 Å². The van der Waals surface area contributed by atoms with E-state index in [1.165, 1.54) is 0 Å². The molecule has 0 bridgehead atoms. The van der Waals surface area contributed by atoms with Crippen molar-refractivity contribution in [1.29, 1.82) is 0 Å². The monoisotopic (exact) mass is 540 g/mol. The number of hydrogen-bond acceptors (Lipinski definition) is 6. The van der Waals surface area contributed by atoms with Gasteiger partial charge < -0.3 is 30.5 Å². The summed E-state index contributed by atoms with van der Waals surface area (Å²) in [6.45, 7) is 8.99. The fraction of sp³-hybridized carbons (Fsp3) is 0.483. The minimum absolute atomic E-state index is 0.0226. The summed E-state index contributed by atoms with van der Waals surface area (Å²) in [7, 11) is 1.97. The van der Waals surface area contributed by atoms with Gasteiger partial charge in [0.05, 0.1) is 24.6 Å². The van der Waals surface area contributed by atoms with Crippen LogP contribution in [0, 0.1) is 5.92 Å². The van der Waals surface area contributed by atoms with Crippen LogP contribution in [0.4, 0.5) is 10.5 Å². The van der Waals surface area contributed by atoms with E-state index in [0.29, 0.717) is 36.6 Å². The molecule has 0 saturated carbocycles. The lowest BCUT2D eigenvalue weighted by Gasteiger charge is -2.34. The minimum Gasteiger partial charge on any atom is -0.488 e. The molecule has 39 heavy (non-hydrogen) atoms. The van der Waals surface area contributed by atoms with E-state index in [1.807, 2.05) is 34.7 Å². The van der Waals surface area contributed by atoms with Crippen LogP contribution in [0.25, 0.3) is 0 Å². The molecule has 0 fully saturated rings. The molecule has 3 rings (SSSR count). The molecule has 1 aliphatic heterocycles. The van der Waals surface area contributed by atoms with E-state index in [9.17, 15) is 19.5 Å². The second-order valence-electron chi connectivity index (χ2n) is 10.7. The van der Waals surface area contributed by atoms with Crippen molar-refractivity contribution in [2.24, 2.45) is 5.92 Å². The molecule has 3 amide bonds. The van der Waals surface area contributed by atoms with E-state index < -0.39 is 5.97 Å². The smallest absolute Gasteiger partial charge is 0.335 e. The van der Waals surface area contributed by atoms with E-state index in [-0.39, 0.29) is 54.6 Å². The first-order chi connectivity index (χ1) is 18.5. The largest absolute Gasteiger partial charge is 0.488 e. The number of nitrogens with one attached hydrogen (secondary N) is 2. The number of fused-ring (bicyclic) bond motifs is 1. The molecule has 1 aliphatic rings. The average molecular weight is 541 g/mol. The number of carbonyl (C=O) groups is 3. The molecular weight excluding hydrogens is 500 g/mol. The molecule has 0 spiro atoms. The predicted octanol–water partition coefficient (Wildman–Crippen LogP) is 3.20. The molecule has 0 aliphatic carbocycles. The third-order valence-corrected chi connectivity index (χ3v) is 6.74. The number of aliphatic hydroxyl groups is 1. The van der Waals surface area contributed by atoms with Crippen molar-refractivity contribution >= 4 is 23.6 Å². The average Bonchev–Trinajstić information content (AvgIpc) is 2.91. The highest BCUT2D eigenvalue weighted by Gasteiger charge is 2.31. The van der Waals surface area contributed by atoms with Crippen molar-refractivity contribution in [1.82, 2.24) is 15.1 Å². The molecule has 3 atom stereocenters. The number of anilines is 1. The normalized spacial score (nSPS) is 18.5. The fourth-order valence-corrected chi connectivity index (χ4v) is 4.59. The lowest BCUT2D eigenvalue weighted by atomic mass is 10.0. The number of carboxylic acid groups (broad SMARTS) is 1. The number of carbonyl (C=O) groups excluding carboxylic acids is 2. The molecule has 212 valence electrons. The van der Waals surface area contributed by atoms with E-state index in [1.54, 1.807) is 47.4 Å². The highest BCUT2D eigenvalue weighted by atomic mass is 16.5. The number of carboxylic acids is 1. The van der Waals surface area contributed by atoms with Gasteiger partial charge in [0.15, 0.2) is 0 Å².